The van der Waals surface area contributed by atoms with Crippen LogP contribution in [0.15, 0.2) is 0 Å². The molecule has 1 aliphatic rings. The monoisotopic (exact) mass is 170 g/mol. The molecule has 12 heavy (non-hydrogen) atoms. The van der Waals surface area contributed by atoms with Crippen LogP contribution in [0.25, 0.3) is 0 Å². The minimum Gasteiger partial charge on any atom is -0.313 e. The van der Waals surface area contributed by atoms with Crippen LogP contribution in [0, 0.1) is 5.92 Å². The molecule has 1 atom stereocenters. The van der Waals surface area contributed by atoms with Crippen molar-refractivity contribution in [3.63, 3.8) is 0 Å². The van der Waals surface area contributed by atoms with E-state index >= 15 is 0 Å². The lowest BCUT2D eigenvalue weighted by Gasteiger charge is -2.38. The van der Waals surface area contributed by atoms with Crippen LogP contribution >= 0.6 is 0 Å². The van der Waals surface area contributed by atoms with Gasteiger partial charge in [0.2, 0.25) is 0 Å². The molecule has 1 aliphatic heterocycles. The van der Waals surface area contributed by atoms with E-state index in [1.165, 1.54) is 6.42 Å². The minimum absolute atomic E-state index is 0.276. The molecule has 2 heteroatoms. The maximum atomic E-state index is 3.66. The van der Waals surface area contributed by atoms with Gasteiger partial charge < -0.3 is 10.6 Å². The van der Waals surface area contributed by atoms with Gasteiger partial charge in [0, 0.05) is 24.7 Å². The Labute approximate surface area is 76.1 Å². The molecule has 0 amide bonds. The average molecular weight is 170 g/mol. The van der Waals surface area contributed by atoms with Gasteiger partial charge in [0.1, 0.15) is 0 Å². The molecule has 0 aromatic heterocycles. The number of hydrogen-bond donors (Lipinski definition) is 2. The Morgan fingerprint density at radius 1 is 1.42 bits per heavy atom. The fourth-order valence-electron chi connectivity index (χ4n) is 1.92. The lowest BCUT2D eigenvalue weighted by molar-refractivity contribution is 0.240. The second kappa shape index (κ2) is 3.75. The highest BCUT2D eigenvalue weighted by molar-refractivity contribution is 4.90. The molecule has 72 valence electrons. The quantitative estimate of drug-likeness (QED) is 0.654. The Hall–Kier alpha value is -0.0800. The lowest BCUT2D eigenvalue weighted by atomic mass is 9.95. The van der Waals surface area contributed by atoms with Gasteiger partial charge in [0.05, 0.1) is 0 Å². The molecule has 0 radical (unpaired) electrons. The lowest BCUT2D eigenvalue weighted by Crippen LogP contribution is -2.60. The van der Waals surface area contributed by atoms with E-state index in [2.05, 4.69) is 38.3 Å². The Morgan fingerprint density at radius 3 is 2.58 bits per heavy atom. The second-order valence-electron chi connectivity index (χ2n) is 4.99. The fourth-order valence-corrected chi connectivity index (χ4v) is 1.92. The summed E-state index contributed by atoms with van der Waals surface area (Å²) in [5.74, 6) is 0.790. The number of hydrogen-bond acceptors (Lipinski definition) is 2. The summed E-state index contributed by atoms with van der Waals surface area (Å²) in [6, 6.07) is 0.661. The van der Waals surface area contributed by atoms with Crippen molar-refractivity contribution >= 4 is 0 Å². The van der Waals surface area contributed by atoms with Gasteiger partial charge >= 0.3 is 0 Å². The second-order valence-corrected chi connectivity index (χ2v) is 4.99. The molecule has 2 N–H and O–H groups in total. The van der Waals surface area contributed by atoms with Crippen LogP contribution in [0.5, 0.6) is 0 Å². The molecule has 0 spiro atoms. The summed E-state index contributed by atoms with van der Waals surface area (Å²) < 4.78 is 0. The molecule has 2 nitrogen and oxygen atoms in total. The molecule has 0 saturated carbocycles. The van der Waals surface area contributed by atoms with Gasteiger partial charge in [-0.2, -0.15) is 0 Å². The summed E-state index contributed by atoms with van der Waals surface area (Å²) in [6.07, 6.45) is 1.27. The van der Waals surface area contributed by atoms with Crippen molar-refractivity contribution in [2.24, 2.45) is 5.92 Å². The Bertz CT molecular complexity index is 141. The smallest absolute Gasteiger partial charge is 0.0252 e. The maximum absolute atomic E-state index is 3.66. The minimum atomic E-state index is 0.276. The summed E-state index contributed by atoms with van der Waals surface area (Å²) in [4.78, 5) is 0. The average Bonchev–Trinajstić information content (AvgIpc) is 1.82. The van der Waals surface area contributed by atoms with E-state index in [1.54, 1.807) is 0 Å². The van der Waals surface area contributed by atoms with Crippen LogP contribution in [0.2, 0.25) is 0 Å². The SMILES string of the molecule is CC(C)CC1CNCC(C)(C)N1. The van der Waals surface area contributed by atoms with E-state index < -0.39 is 0 Å². The third-order valence-electron chi connectivity index (χ3n) is 2.31. The standard InChI is InChI=1S/C10H22N2/c1-8(2)5-9-6-11-7-10(3,4)12-9/h8-9,11-12H,5-7H2,1-4H3. The molecule has 1 fully saturated rings. The van der Waals surface area contributed by atoms with Crippen molar-refractivity contribution in [1.82, 2.24) is 10.6 Å². The highest BCUT2D eigenvalue weighted by Crippen LogP contribution is 2.12. The van der Waals surface area contributed by atoms with E-state index in [0.29, 0.717) is 6.04 Å². The van der Waals surface area contributed by atoms with Crippen LogP contribution < -0.4 is 10.6 Å². The molecule has 1 rings (SSSR count). The van der Waals surface area contributed by atoms with Crippen LogP contribution in [0.1, 0.15) is 34.1 Å². The molecule has 0 aromatic carbocycles. The van der Waals surface area contributed by atoms with Gasteiger partial charge in [-0.05, 0) is 26.2 Å². The summed E-state index contributed by atoms with van der Waals surface area (Å²) in [5.41, 5.74) is 0.276. The summed E-state index contributed by atoms with van der Waals surface area (Å²) in [7, 11) is 0. The Balaban J connectivity index is 2.36. The Morgan fingerprint density at radius 2 is 2.08 bits per heavy atom. The zero-order valence-electron chi connectivity index (χ0n) is 8.78. The molecule has 0 aliphatic carbocycles. The topological polar surface area (TPSA) is 24.1 Å². The zero-order valence-corrected chi connectivity index (χ0v) is 8.78. The van der Waals surface area contributed by atoms with Crippen molar-refractivity contribution in [1.29, 1.82) is 0 Å². The third kappa shape index (κ3) is 3.11. The molecule has 0 aromatic rings. The first-order valence-electron chi connectivity index (χ1n) is 4.98. The molecule has 1 saturated heterocycles. The van der Waals surface area contributed by atoms with Crippen LogP contribution in [0.4, 0.5) is 0 Å². The van der Waals surface area contributed by atoms with Crippen molar-refractivity contribution in [3.8, 4) is 0 Å². The van der Waals surface area contributed by atoms with Gasteiger partial charge in [0.25, 0.3) is 0 Å². The maximum Gasteiger partial charge on any atom is 0.0252 e. The normalized spacial score (nSPS) is 29.2. The van der Waals surface area contributed by atoms with E-state index in [9.17, 15) is 0 Å². The van der Waals surface area contributed by atoms with E-state index in [-0.39, 0.29) is 5.54 Å². The van der Waals surface area contributed by atoms with Gasteiger partial charge in [-0.3, -0.25) is 0 Å². The molecular formula is C10H22N2. The number of piperazine rings is 1. The predicted octanol–water partition coefficient (Wildman–Crippen LogP) is 1.37. The zero-order chi connectivity index (χ0) is 9.19. The van der Waals surface area contributed by atoms with Crippen LogP contribution in [0.3, 0.4) is 0 Å². The highest BCUT2D eigenvalue weighted by atomic mass is 15.1. The van der Waals surface area contributed by atoms with Crippen molar-refractivity contribution in [3.05, 3.63) is 0 Å². The third-order valence-corrected chi connectivity index (χ3v) is 2.31. The van der Waals surface area contributed by atoms with E-state index in [4.69, 9.17) is 0 Å². The number of nitrogens with one attached hydrogen (secondary N) is 2. The van der Waals surface area contributed by atoms with Gasteiger partial charge in [-0.25, -0.2) is 0 Å². The largest absolute Gasteiger partial charge is 0.313 e. The van der Waals surface area contributed by atoms with Crippen molar-refractivity contribution in [2.75, 3.05) is 13.1 Å². The van der Waals surface area contributed by atoms with Crippen molar-refractivity contribution in [2.45, 2.75) is 45.7 Å². The fraction of sp³-hybridized carbons (Fsp3) is 1.00. The molecule has 1 unspecified atom stereocenters. The Kier molecular flexibility index (Phi) is 3.13. The summed E-state index contributed by atoms with van der Waals surface area (Å²) in [5, 5.41) is 7.13. The summed E-state index contributed by atoms with van der Waals surface area (Å²) >= 11 is 0. The molecular weight excluding hydrogens is 148 g/mol. The first-order valence-corrected chi connectivity index (χ1v) is 4.98. The van der Waals surface area contributed by atoms with Crippen LogP contribution in [-0.2, 0) is 0 Å². The predicted molar refractivity (Wildman–Crippen MR) is 53.3 cm³/mol. The number of rotatable bonds is 2. The van der Waals surface area contributed by atoms with Crippen LogP contribution in [-0.4, -0.2) is 24.7 Å². The highest BCUT2D eigenvalue weighted by Gasteiger charge is 2.26. The molecule has 0 bridgehead atoms. The molecule has 1 heterocycles. The van der Waals surface area contributed by atoms with E-state index in [1.807, 2.05) is 0 Å². The van der Waals surface area contributed by atoms with Gasteiger partial charge in [0.15, 0.2) is 0 Å². The van der Waals surface area contributed by atoms with E-state index in [0.717, 1.165) is 19.0 Å². The van der Waals surface area contributed by atoms with Crippen molar-refractivity contribution < 1.29 is 0 Å². The van der Waals surface area contributed by atoms with Gasteiger partial charge in [-0.15, -0.1) is 0 Å². The first kappa shape index (κ1) is 10.0. The summed E-state index contributed by atoms with van der Waals surface area (Å²) in [6.45, 7) is 11.3. The van der Waals surface area contributed by atoms with Gasteiger partial charge in [-0.1, -0.05) is 13.8 Å². The first-order chi connectivity index (χ1) is 5.49.